The summed E-state index contributed by atoms with van der Waals surface area (Å²) in [6, 6.07) is 10.2. The van der Waals surface area contributed by atoms with Gasteiger partial charge in [0.25, 0.3) is 0 Å². The van der Waals surface area contributed by atoms with Gasteiger partial charge in [-0.15, -0.1) is 0 Å². The average molecular weight is 350 g/mol. The molecule has 0 atom stereocenters. The lowest BCUT2D eigenvalue weighted by Gasteiger charge is -2.34. The van der Waals surface area contributed by atoms with Gasteiger partial charge in [-0.05, 0) is 31.9 Å². The van der Waals surface area contributed by atoms with Gasteiger partial charge in [0, 0.05) is 25.2 Å². The highest BCUT2D eigenvalue weighted by atomic mass is 16.5. The van der Waals surface area contributed by atoms with Crippen LogP contribution in [-0.2, 0) is 0 Å². The Balaban J connectivity index is 1.44. The van der Waals surface area contributed by atoms with Crippen molar-refractivity contribution in [3.63, 3.8) is 0 Å². The maximum atomic E-state index is 5.15. The molecule has 0 unspecified atom stereocenters. The van der Waals surface area contributed by atoms with Gasteiger partial charge in [0.15, 0.2) is 5.82 Å². The van der Waals surface area contributed by atoms with Crippen LogP contribution in [0.1, 0.15) is 18.5 Å². The van der Waals surface area contributed by atoms with Crippen molar-refractivity contribution in [1.29, 1.82) is 0 Å². The van der Waals surface area contributed by atoms with Crippen molar-refractivity contribution >= 4 is 22.7 Å². The first-order valence-corrected chi connectivity index (χ1v) is 8.84. The number of hydrogen-bond donors (Lipinski definition) is 1. The molecule has 0 saturated carbocycles. The van der Waals surface area contributed by atoms with Crippen molar-refractivity contribution in [1.82, 2.24) is 19.9 Å². The van der Waals surface area contributed by atoms with Gasteiger partial charge in [-0.1, -0.05) is 12.1 Å². The van der Waals surface area contributed by atoms with Crippen molar-refractivity contribution in [2.45, 2.75) is 25.8 Å². The molecule has 0 amide bonds. The number of aromatic nitrogens is 4. The Hall–Kier alpha value is -2.96. The normalized spacial score (nSPS) is 15.2. The lowest BCUT2D eigenvalue weighted by molar-refractivity contribution is 0.397. The molecule has 7 nitrogen and oxygen atoms in total. The van der Waals surface area contributed by atoms with Gasteiger partial charge in [0.1, 0.15) is 12.1 Å². The summed E-state index contributed by atoms with van der Waals surface area (Å²) in [5.74, 6) is 2.37. The smallest absolute Gasteiger partial charge is 0.218 e. The molecule has 1 aliphatic heterocycles. The number of ether oxygens (including phenoxy) is 1. The van der Waals surface area contributed by atoms with Crippen molar-refractivity contribution in [2.24, 2.45) is 0 Å². The number of methoxy groups -OCH3 is 1. The molecule has 2 aromatic heterocycles. The topological polar surface area (TPSA) is 76.1 Å². The molecule has 0 aliphatic carbocycles. The Kier molecular flexibility index (Phi) is 4.51. The van der Waals surface area contributed by atoms with Gasteiger partial charge in [-0.3, -0.25) is 0 Å². The van der Waals surface area contributed by atoms with E-state index >= 15 is 0 Å². The van der Waals surface area contributed by atoms with E-state index in [-0.39, 0.29) is 0 Å². The molecule has 1 N–H and O–H groups in total. The molecule has 1 aliphatic rings. The number of nitrogens with zero attached hydrogens (tertiary/aromatic N) is 5. The molecular formula is C19H22N6O. The fourth-order valence-electron chi connectivity index (χ4n) is 3.35. The van der Waals surface area contributed by atoms with Gasteiger partial charge >= 0.3 is 0 Å². The van der Waals surface area contributed by atoms with E-state index in [0.717, 1.165) is 54.3 Å². The fourth-order valence-corrected chi connectivity index (χ4v) is 3.35. The molecule has 3 heterocycles. The zero-order chi connectivity index (χ0) is 17.9. The molecule has 1 aromatic carbocycles. The van der Waals surface area contributed by atoms with Crippen LogP contribution in [0.2, 0.25) is 0 Å². The molecule has 0 bridgehead atoms. The summed E-state index contributed by atoms with van der Waals surface area (Å²) in [6.45, 7) is 3.91. The van der Waals surface area contributed by atoms with Gasteiger partial charge in [-0.25, -0.2) is 19.9 Å². The van der Waals surface area contributed by atoms with Crippen molar-refractivity contribution < 1.29 is 4.74 Å². The highest BCUT2D eigenvalue weighted by molar-refractivity contribution is 5.76. The number of nitrogens with one attached hydrogen (secondary N) is 1. The predicted octanol–water partition coefficient (Wildman–Crippen LogP) is 2.82. The summed E-state index contributed by atoms with van der Waals surface area (Å²) < 4.78 is 5.15. The molecule has 3 aromatic rings. The second kappa shape index (κ2) is 7.11. The summed E-state index contributed by atoms with van der Waals surface area (Å²) in [6.07, 6.45) is 3.55. The Morgan fingerprint density at radius 1 is 1.08 bits per heavy atom. The molecule has 0 radical (unpaired) electrons. The highest BCUT2D eigenvalue weighted by Crippen LogP contribution is 2.24. The number of anilines is 2. The van der Waals surface area contributed by atoms with Crippen LogP contribution in [0, 0.1) is 6.92 Å². The van der Waals surface area contributed by atoms with E-state index in [9.17, 15) is 0 Å². The van der Waals surface area contributed by atoms with Gasteiger partial charge < -0.3 is 15.0 Å². The molecule has 1 fully saturated rings. The summed E-state index contributed by atoms with van der Waals surface area (Å²) in [7, 11) is 1.61. The highest BCUT2D eigenvalue weighted by Gasteiger charge is 2.22. The van der Waals surface area contributed by atoms with Crippen LogP contribution in [0.5, 0.6) is 5.88 Å². The van der Waals surface area contributed by atoms with Gasteiger partial charge in [0.05, 0.1) is 23.8 Å². The van der Waals surface area contributed by atoms with Crippen LogP contribution in [-0.4, -0.2) is 46.2 Å². The first kappa shape index (κ1) is 16.5. The summed E-state index contributed by atoms with van der Waals surface area (Å²) in [4.78, 5) is 20.2. The monoisotopic (exact) mass is 350 g/mol. The lowest BCUT2D eigenvalue weighted by Crippen LogP contribution is -2.40. The van der Waals surface area contributed by atoms with E-state index in [1.165, 1.54) is 6.33 Å². The van der Waals surface area contributed by atoms with Crippen molar-refractivity contribution in [3.05, 3.63) is 42.4 Å². The van der Waals surface area contributed by atoms with E-state index in [1.807, 2.05) is 37.3 Å². The summed E-state index contributed by atoms with van der Waals surface area (Å²) >= 11 is 0. The van der Waals surface area contributed by atoms with E-state index in [2.05, 4.69) is 20.2 Å². The first-order chi connectivity index (χ1) is 12.7. The van der Waals surface area contributed by atoms with E-state index in [4.69, 9.17) is 14.7 Å². The number of benzene rings is 1. The number of rotatable bonds is 4. The van der Waals surface area contributed by atoms with Crippen LogP contribution in [0.3, 0.4) is 0 Å². The maximum Gasteiger partial charge on any atom is 0.218 e. The summed E-state index contributed by atoms with van der Waals surface area (Å²) in [5.41, 5.74) is 2.88. The standard InChI is InChI=1S/C19H22N6O/c1-13-19(24-16-6-4-3-5-15(16)22-13)25-9-7-14(8-10-25)23-17-11-18(26-2)21-12-20-17/h3-6,11-12,14H,7-10H2,1-2H3,(H,20,21,23). The van der Waals surface area contributed by atoms with E-state index in [1.54, 1.807) is 7.11 Å². The van der Waals surface area contributed by atoms with Gasteiger partial charge in [-0.2, -0.15) is 0 Å². The molecule has 4 rings (SSSR count). The average Bonchev–Trinajstić information content (AvgIpc) is 2.68. The van der Waals surface area contributed by atoms with Crippen molar-refractivity contribution in [3.8, 4) is 5.88 Å². The largest absolute Gasteiger partial charge is 0.481 e. The van der Waals surface area contributed by atoms with Gasteiger partial charge in [0.2, 0.25) is 5.88 Å². The molecule has 7 heteroatoms. The zero-order valence-electron chi connectivity index (χ0n) is 15.0. The molecule has 134 valence electrons. The second-order valence-corrected chi connectivity index (χ2v) is 6.47. The maximum absolute atomic E-state index is 5.15. The van der Waals surface area contributed by atoms with Crippen LogP contribution < -0.4 is 15.0 Å². The minimum atomic E-state index is 0.375. The van der Waals surface area contributed by atoms with E-state index in [0.29, 0.717) is 11.9 Å². The number of para-hydroxylation sites is 2. The Labute approximate surface area is 152 Å². The first-order valence-electron chi connectivity index (χ1n) is 8.84. The minimum Gasteiger partial charge on any atom is -0.481 e. The van der Waals surface area contributed by atoms with Crippen molar-refractivity contribution in [2.75, 3.05) is 30.4 Å². The Bertz CT molecular complexity index is 907. The van der Waals surface area contributed by atoms with Crippen LogP contribution in [0.25, 0.3) is 11.0 Å². The zero-order valence-corrected chi connectivity index (χ0v) is 15.0. The number of piperidine rings is 1. The lowest BCUT2D eigenvalue weighted by atomic mass is 10.0. The third-order valence-electron chi connectivity index (χ3n) is 4.72. The third kappa shape index (κ3) is 3.37. The Morgan fingerprint density at radius 2 is 1.81 bits per heavy atom. The quantitative estimate of drug-likeness (QED) is 0.775. The number of fused-ring (bicyclic) bond motifs is 1. The Morgan fingerprint density at radius 3 is 2.54 bits per heavy atom. The van der Waals surface area contributed by atoms with Crippen LogP contribution in [0.15, 0.2) is 36.7 Å². The second-order valence-electron chi connectivity index (χ2n) is 6.47. The SMILES string of the molecule is COc1cc(NC2CCN(c3nc4ccccc4nc3C)CC2)ncn1. The number of hydrogen-bond acceptors (Lipinski definition) is 7. The predicted molar refractivity (Wildman–Crippen MR) is 102 cm³/mol. The molecule has 1 saturated heterocycles. The third-order valence-corrected chi connectivity index (χ3v) is 4.72. The number of aryl methyl sites for hydroxylation is 1. The molecule has 0 spiro atoms. The fraction of sp³-hybridized carbons (Fsp3) is 0.368. The summed E-state index contributed by atoms with van der Waals surface area (Å²) in [5, 5.41) is 3.48. The minimum absolute atomic E-state index is 0.375. The van der Waals surface area contributed by atoms with Crippen LogP contribution in [0.4, 0.5) is 11.6 Å². The van der Waals surface area contributed by atoms with Crippen LogP contribution >= 0.6 is 0 Å². The van der Waals surface area contributed by atoms with E-state index < -0.39 is 0 Å². The molecule has 26 heavy (non-hydrogen) atoms. The molecular weight excluding hydrogens is 328 g/mol.